The van der Waals surface area contributed by atoms with Gasteiger partial charge in [-0.15, -0.1) is 0 Å². The van der Waals surface area contributed by atoms with Crippen molar-refractivity contribution in [2.24, 2.45) is 34.6 Å². The van der Waals surface area contributed by atoms with Gasteiger partial charge in [0.2, 0.25) is 41.4 Å². The number of aliphatic carboxylic acids is 1. The first-order chi connectivity index (χ1) is 23.3. The number of rotatable bonds is 25. The van der Waals surface area contributed by atoms with E-state index in [-0.39, 0.29) is 44.1 Å². The minimum atomic E-state index is -1.60. The standard InChI is InChI=1S/C28H52N12O9S/c1-13(2)21(26(47)39-18(12-50)27(48)49)40-24(45)16(7-5-9-35-28(33)34)36-23(44)15(6-3-4-8-29)37-25(46)17(11-20(32)42)38-22(43)14(30)10-19(31)41/h13-18,21,50H,3-12,29-30H2,1-2H3,(H2,31,41)(H2,32,42)(H,36,44)(H,37,46)(H,38,43)(H,39,47)(H,40,45)(H,48,49)(H4,33,34,35)/t14-,15-,16-,17-,18-,21-/m0/s1. The summed E-state index contributed by atoms with van der Waals surface area (Å²) in [6, 6.07) is -8.25. The van der Waals surface area contributed by atoms with Crippen molar-refractivity contribution in [3.05, 3.63) is 0 Å². The van der Waals surface area contributed by atoms with E-state index in [4.69, 9.17) is 34.1 Å². The molecule has 0 unspecified atom stereocenters. The molecule has 6 atom stereocenters. The molecule has 0 aliphatic heterocycles. The van der Waals surface area contributed by atoms with Gasteiger partial charge in [-0.3, -0.25) is 39.0 Å². The van der Waals surface area contributed by atoms with Gasteiger partial charge >= 0.3 is 5.97 Å². The molecular weight excluding hydrogens is 680 g/mol. The van der Waals surface area contributed by atoms with E-state index >= 15 is 0 Å². The lowest BCUT2D eigenvalue weighted by Crippen LogP contribution is -2.60. The maximum absolute atomic E-state index is 13.6. The fourth-order valence-corrected chi connectivity index (χ4v) is 4.59. The van der Waals surface area contributed by atoms with Crippen molar-refractivity contribution >= 4 is 65.9 Å². The number of hydrogen-bond acceptors (Lipinski definition) is 12. The van der Waals surface area contributed by atoms with Gasteiger partial charge in [0.15, 0.2) is 5.96 Å². The fourth-order valence-electron chi connectivity index (χ4n) is 4.34. The molecule has 284 valence electrons. The maximum Gasteiger partial charge on any atom is 0.327 e. The van der Waals surface area contributed by atoms with E-state index in [1.807, 2.05) is 0 Å². The Bertz CT molecular complexity index is 1220. The molecule has 0 fully saturated rings. The van der Waals surface area contributed by atoms with E-state index in [1.54, 1.807) is 13.8 Å². The Hall–Kier alpha value is -4.70. The maximum atomic E-state index is 13.6. The van der Waals surface area contributed by atoms with Crippen LogP contribution in [0.15, 0.2) is 0 Å². The van der Waals surface area contributed by atoms with Gasteiger partial charge in [-0.05, 0) is 44.6 Å². The zero-order valence-corrected chi connectivity index (χ0v) is 29.1. The predicted octanol–water partition coefficient (Wildman–Crippen LogP) is -5.45. The summed E-state index contributed by atoms with van der Waals surface area (Å²) in [4.78, 5) is 100. The molecule has 50 heavy (non-hydrogen) atoms. The Kier molecular flexibility index (Phi) is 21.4. The number of nitrogens with two attached hydrogens (primary N) is 5. The Labute approximate surface area is 295 Å². The molecule has 0 aliphatic rings. The average molecular weight is 733 g/mol. The molecule has 0 spiro atoms. The van der Waals surface area contributed by atoms with Gasteiger partial charge in [0.25, 0.3) is 0 Å². The smallest absolute Gasteiger partial charge is 0.327 e. The monoisotopic (exact) mass is 732 g/mol. The second-order valence-corrected chi connectivity index (χ2v) is 12.1. The molecule has 0 aromatic heterocycles. The van der Waals surface area contributed by atoms with Crippen molar-refractivity contribution in [1.29, 1.82) is 5.41 Å². The van der Waals surface area contributed by atoms with Crippen LogP contribution >= 0.6 is 12.6 Å². The highest BCUT2D eigenvalue weighted by atomic mass is 32.1. The summed E-state index contributed by atoms with van der Waals surface area (Å²) in [5.74, 6) is -8.75. The molecule has 18 N–H and O–H groups in total. The molecule has 0 aliphatic carbocycles. The van der Waals surface area contributed by atoms with Crippen LogP contribution in [0.25, 0.3) is 0 Å². The highest BCUT2D eigenvalue weighted by Gasteiger charge is 2.34. The normalized spacial score (nSPS) is 14.4. The SMILES string of the molecule is CC(C)[C@H](NC(=O)[C@H](CCCNC(=N)N)NC(=O)[C@H](CCCCN)NC(=O)[C@H](CC(N)=O)NC(=O)[C@@H](N)CC(N)=O)C(=O)N[C@@H](CS)C(=O)O. The van der Waals surface area contributed by atoms with E-state index in [1.165, 1.54) is 0 Å². The second-order valence-electron chi connectivity index (χ2n) is 11.7. The third-order valence-electron chi connectivity index (χ3n) is 7.04. The first-order valence-electron chi connectivity index (χ1n) is 15.8. The molecule has 0 bridgehead atoms. The molecule has 0 radical (unpaired) electrons. The number of carbonyl (C=O) groups excluding carboxylic acids is 7. The molecule has 0 saturated heterocycles. The van der Waals surface area contributed by atoms with Crippen LogP contribution in [0, 0.1) is 11.3 Å². The van der Waals surface area contributed by atoms with Crippen LogP contribution in [0.1, 0.15) is 58.8 Å². The number of carboxylic acids is 1. The van der Waals surface area contributed by atoms with E-state index in [9.17, 15) is 43.5 Å². The number of carbonyl (C=O) groups is 8. The second kappa shape index (κ2) is 23.6. The molecule has 0 rings (SSSR count). The molecule has 22 heteroatoms. The Morgan fingerprint density at radius 2 is 1.16 bits per heavy atom. The van der Waals surface area contributed by atoms with Crippen LogP contribution in [0.2, 0.25) is 0 Å². The average Bonchev–Trinajstić information content (AvgIpc) is 3.01. The minimum Gasteiger partial charge on any atom is -0.480 e. The fraction of sp³-hybridized carbons (Fsp3) is 0.679. The van der Waals surface area contributed by atoms with E-state index in [2.05, 4.69) is 44.5 Å². The summed E-state index contributed by atoms with van der Waals surface area (Å²) >= 11 is 3.93. The van der Waals surface area contributed by atoms with E-state index in [0.29, 0.717) is 12.8 Å². The first kappa shape index (κ1) is 45.3. The van der Waals surface area contributed by atoms with Crippen molar-refractivity contribution in [2.75, 3.05) is 18.8 Å². The zero-order valence-electron chi connectivity index (χ0n) is 28.2. The number of primary amides is 2. The van der Waals surface area contributed by atoms with Crippen LogP contribution < -0.4 is 60.6 Å². The van der Waals surface area contributed by atoms with Crippen LogP contribution in [0.3, 0.4) is 0 Å². The number of nitrogens with one attached hydrogen (secondary N) is 7. The predicted molar refractivity (Wildman–Crippen MR) is 184 cm³/mol. The van der Waals surface area contributed by atoms with Crippen LogP contribution in [-0.2, 0) is 38.4 Å². The van der Waals surface area contributed by atoms with Crippen molar-refractivity contribution in [2.45, 2.75) is 95.0 Å². The summed E-state index contributed by atoms with van der Waals surface area (Å²) < 4.78 is 0. The number of amides is 7. The highest BCUT2D eigenvalue weighted by Crippen LogP contribution is 2.09. The number of thiol groups is 1. The van der Waals surface area contributed by atoms with Crippen molar-refractivity contribution in [3.63, 3.8) is 0 Å². The first-order valence-corrected chi connectivity index (χ1v) is 16.4. The summed E-state index contributed by atoms with van der Waals surface area (Å²) in [7, 11) is 0. The number of carboxylic acid groups (broad SMARTS) is 1. The van der Waals surface area contributed by atoms with E-state index in [0.717, 1.165) is 0 Å². The lowest BCUT2D eigenvalue weighted by Gasteiger charge is -2.28. The topological polar surface area (TPSA) is 383 Å². The molecular formula is C28H52N12O9S. The van der Waals surface area contributed by atoms with Crippen molar-refractivity contribution in [1.82, 2.24) is 31.9 Å². The number of hydrogen-bond donors (Lipinski definition) is 14. The van der Waals surface area contributed by atoms with Gasteiger partial charge in [0, 0.05) is 12.3 Å². The number of unbranched alkanes of at least 4 members (excludes halogenated alkanes) is 1. The quantitative estimate of drug-likeness (QED) is 0.0181. The number of guanidine groups is 1. The third-order valence-corrected chi connectivity index (χ3v) is 7.40. The van der Waals surface area contributed by atoms with Crippen molar-refractivity contribution in [3.8, 4) is 0 Å². The van der Waals surface area contributed by atoms with Gasteiger partial charge in [-0.2, -0.15) is 12.6 Å². The zero-order chi connectivity index (χ0) is 38.6. The third kappa shape index (κ3) is 18.2. The van der Waals surface area contributed by atoms with Crippen LogP contribution in [0.5, 0.6) is 0 Å². The van der Waals surface area contributed by atoms with E-state index < -0.39 is 102 Å². The van der Waals surface area contributed by atoms with Crippen LogP contribution in [0.4, 0.5) is 0 Å². The summed E-state index contributed by atoms with van der Waals surface area (Å²) in [5.41, 5.74) is 26.9. The molecule has 0 aromatic rings. The Morgan fingerprint density at radius 3 is 1.62 bits per heavy atom. The molecule has 0 aromatic carbocycles. The largest absolute Gasteiger partial charge is 0.480 e. The summed E-state index contributed by atoms with van der Waals surface area (Å²) in [6.45, 7) is 3.60. The summed E-state index contributed by atoms with van der Waals surface area (Å²) in [5, 5.41) is 31.3. The lowest BCUT2D eigenvalue weighted by atomic mass is 10.0. The molecule has 21 nitrogen and oxygen atoms in total. The van der Waals surface area contributed by atoms with Gasteiger partial charge in [0.05, 0.1) is 18.9 Å². The minimum absolute atomic E-state index is 0.00472. The van der Waals surface area contributed by atoms with Gasteiger partial charge in [0.1, 0.15) is 30.2 Å². The van der Waals surface area contributed by atoms with Crippen molar-refractivity contribution < 1.29 is 43.5 Å². The molecule has 0 saturated carbocycles. The Morgan fingerprint density at radius 1 is 0.680 bits per heavy atom. The van der Waals surface area contributed by atoms with Gasteiger partial charge in [-0.25, -0.2) is 4.79 Å². The molecule has 7 amide bonds. The molecule has 0 heterocycles. The highest BCUT2D eigenvalue weighted by molar-refractivity contribution is 7.80. The van der Waals surface area contributed by atoms with Crippen LogP contribution in [-0.4, -0.2) is 113 Å². The summed E-state index contributed by atoms with van der Waals surface area (Å²) in [6.07, 6.45) is -0.318. The van der Waals surface area contributed by atoms with Gasteiger partial charge in [-0.1, -0.05) is 13.8 Å². The van der Waals surface area contributed by atoms with Gasteiger partial charge < -0.3 is 65.7 Å². The lowest BCUT2D eigenvalue weighted by molar-refractivity contribution is -0.142. The Balaban J connectivity index is 6.25.